The molecule has 0 aliphatic rings. The fourth-order valence-electron chi connectivity index (χ4n) is 1.62. The SMILES string of the molecule is C=CCn1c(SC)nc2cc(Cl)ccc2c1=O. The summed E-state index contributed by atoms with van der Waals surface area (Å²) in [6.07, 6.45) is 3.57. The fraction of sp³-hybridized carbons (Fsp3) is 0.167. The number of aromatic nitrogens is 2. The number of rotatable bonds is 3. The first-order valence-electron chi connectivity index (χ1n) is 5.02. The highest BCUT2D eigenvalue weighted by molar-refractivity contribution is 7.98. The van der Waals surface area contributed by atoms with Gasteiger partial charge in [-0.05, 0) is 24.5 Å². The summed E-state index contributed by atoms with van der Waals surface area (Å²) < 4.78 is 1.61. The average Bonchev–Trinajstić information content (AvgIpc) is 2.32. The topological polar surface area (TPSA) is 34.9 Å². The molecule has 1 aromatic heterocycles. The molecule has 2 aromatic rings. The van der Waals surface area contributed by atoms with Crippen molar-refractivity contribution in [3.05, 3.63) is 46.2 Å². The second kappa shape index (κ2) is 4.94. The second-order valence-corrected chi connectivity index (χ2v) is 4.67. The fourth-order valence-corrected chi connectivity index (χ4v) is 2.35. The molecule has 0 spiro atoms. The van der Waals surface area contributed by atoms with E-state index in [-0.39, 0.29) is 5.56 Å². The molecule has 0 atom stereocenters. The van der Waals surface area contributed by atoms with E-state index >= 15 is 0 Å². The van der Waals surface area contributed by atoms with Gasteiger partial charge in [0.25, 0.3) is 5.56 Å². The third-order valence-electron chi connectivity index (χ3n) is 2.38. The van der Waals surface area contributed by atoms with Crippen LogP contribution in [0.5, 0.6) is 0 Å². The minimum Gasteiger partial charge on any atom is -0.283 e. The van der Waals surface area contributed by atoms with Crippen molar-refractivity contribution < 1.29 is 0 Å². The molecule has 88 valence electrons. The molecule has 0 saturated carbocycles. The van der Waals surface area contributed by atoms with E-state index in [9.17, 15) is 4.79 Å². The smallest absolute Gasteiger partial charge is 0.262 e. The van der Waals surface area contributed by atoms with Crippen molar-refractivity contribution >= 4 is 34.3 Å². The van der Waals surface area contributed by atoms with Crippen molar-refractivity contribution in [2.75, 3.05) is 6.26 Å². The van der Waals surface area contributed by atoms with Gasteiger partial charge in [-0.2, -0.15) is 0 Å². The molecule has 3 nitrogen and oxygen atoms in total. The maximum Gasteiger partial charge on any atom is 0.262 e. The molecule has 0 N–H and O–H groups in total. The van der Waals surface area contributed by atoms with Crippen LogP contribution in [-0.4, -0.2) is 15.8 Å². The van der Waals surface area contributed by atoms with Gasteiger partial charge in [0, 0.05) is 11.6 Å². The van der Waals surface area contributed by atoms with E-state index in [2.05, 4.69) is 11.6 Å². The largest absolute Gasteiger partial charge is 0.283 e. The predicted octanol–water partition coefficient (Wildman–Crippen LogP) is 2.96. The van der Waals surface area contributed by atoms with Gasteiger partial charge >= 0.3 is 0 Å². The zero-order valence-electron chi connectivity index (χ0n) is 9.31. The molecule has 0 radical (unpaired) electrons. The number of fused-ring (bicyclic) bond motifs is 1. The Morgan fingerprint density at radius 3 is 3.00 bits per heavy atom. The highest BCUT2D eigenvalue weighted by Gasteiger charge is 2.09. The summed E-state index contributed by atoms with van der Waals surface area (Å²) in [5, 5.41) is 1.83. The lowest BCUT2D eigenvalue weighted by Gasteiger charge is -2.09. The van der Waals surface area contributed by atoms with Crippen LogP contribution in [0.3, 0.4) is 0 Å². The summed E-state index contributed by atoms with van der Waals surface area (Å²) in [7, 11) is 0. The summed E-state index contributed by atoms with van der Waals surface area (Å²) in [6, 6.07) is 5.11. The van der Waals surface area contributed by atoms with Crippen molar-refractivity contribution in [2.45, 2.75) is 11.7 Å². The Morgan fingerprint density at radius 1 is 1.59 bits per heavy atom. The lowest BCUT2D eigenvalue weighted by Crippen LogP contribution is -2.22. The van der Waals surface area contributed by atoms with E-state index in [1.54, 1.807) is 28.8 Å². The van der Waals surface area contributed by atoms with Crippen molar-refractivity contribution in [1.29, 1.82) is 0 Å². The van der Waals surface area contributed by atoms with E-state index in [0.29, 0.717) is 27.6 Å². The third kappa shape index (κ3) is 2.23. The normalized spacial score (nSPS) is 10.7. The van der Waals surface area contributed by atoms with Gasteiger partial charge in [-0.3, -0.25) is 9.36 Å². The summed E-state index contributed by atoms with van der Waals surface area (Å²) >= 11 is 7.33. The van der Waals surface area contributed by atoms with Gasteiger partial charge < -0.3 is 0 Å². The Labute approximate surface area is 108 Å². The molecule has 0 saturated heterocycles. The summed E-state index contributed by atoms with van der Waals surface area (Å²) in [5.74, 6) is 0. The molecule has 1 heterocycles. The highest BCUT2D eigenvalue weighted by atomic mass is 35.5. The van der Waals surface area contributed by atoms with Crippen LogP contribution in [0.25, 0.3) is 10.9 Å². The summed E-state index contributed by atoms with van der Waals surface area (Å²) in [4.78, 5) is 16.7. The molecule has 1 aromatic carbocycles. The minimum atomic E-state index is -0.0593. The number of halogens is 1. The van der Waals surface area contributed by atoms with Gasteiger partial charge in [-0.1, -0.05) is 29.4 Å². The van der Waals surface area contributed by atoms with Gasteiger partial charge in [0.1, 0.15) is 0 Å². The van der Waals surface area contributed by atoms with Crippen molar-refractivity contribution in [3.63, 3.8) is 0 Å². The van der Waals surface area contributed by atoms with Crippen molar-refractivity contribution in [1.82, 2.24) is 9.55 Å². The Kier molecular flexibility index (Phi) is 3.54. The maximum absolute atomic E-state index is 12.2. The van der Waals surface area contributed by atoms with Crippen LogP contribution < -0.4 is 5.56 Å². The second-order valence-electron chi connectivity index (χ2n) is 3.46. The van der Waals surface area contributed by atoms with Gasteiger partial charge in [-0.25, -0.2) is 4.98 Å². The zero-order valence-corrected chi connectivity index (χ0v) is 10.9. The molecule has 0 amide bonds. The standard InChI is InChI=1S/C12H11ClN2OS/c1-3-6-15-11(16)9-5-4-8(13)7-10(9)14-12(15)17-2/h3-5,7H,1,6H2,2H3. The quantitative estimate of drug-likeness (QED) is 0.487. The molecule has 0 unspecified atom stereocenters. The molecule has 0 aliphatic carbocycles. The number of thioether (sulfide) groups is 1. The lowest BCUT2D eigenvalue weighted by molar-refractivity contribution is 0.672. The third-order valence-corrected chi connectivity index (χ3v) is 3.29. The number of hydrogen-bond acceptors (Lipinski definition) is 3. The van der Waals surface area contributed by atoms with Crippen LogP contribution in [0.4, 0.5) is 0 Å². The Morgan fingerprint density at radius 2 is 2.35 bits per heavy atom. The number of benzene rings is 1. The molecule has 0 aliphatic heterocycles. The van der Waals surface area contributed by atoms with Crippen molar-refractivity contribution in [3.8, 4) is 0 Å². The van der Waals surface area contributed by atoms with Crippen LogP contribution in [0, 0.1) is 0 Å². The average molecular weight is 267 g/mol. The number of hydrogen-bond donors (Lipinski definition) is 0. The molecular weight excluding hydrogens is 256 g/mol. The summed E-state index contributed by atoms with van der Waals surface area (Å²) in [6.45, 7) is 4.11. The first-order valence-corrected chi connectivity index (χ1v) is 6.62. The zero-order chi connectivity index (χ0) is 12.4. The number of nitrogens with zero attached hydrogens (tertiary/aromatic N) is 2. The van der Waals surface area contributed by atoms with Gasteiger partial charge in [0.15, 0.2) is 5.16 Å². The Bertz CT molecular complexity index is 636. The van der Waals surface area contributed by atoms with E-state index in [0.717, 1.165) is 0 Å². The van der Waals surface area contributed by atoms with E-state index in [1.807, 2.05) is 6.26 Å². The van der Waals surface area contributed by atoms with Gasteiger partial charge in [0.2, 0.25) is 0 Å². The molecular formula is C12H11ClN2OS. The molecule has 0 bridgehead atoms. The highest BCUT2D eigenvalue weighted by Crippen LogP contribution is 2.18. The molecule has 17 heavy (non-hydrogen) atoms. The minimum absolute atomic E-state index is 0.0593. The van der Waals surface area contributed by atoms with E-state index in [4.69, 9.17) is 11.6 Å². The number of allylic oxidation sites excluding steroid dienone is 1. The van der Waals surface area contributed by atoms with Crippen LogP contribution in [0.15, 0.2) is 40.8 Å². The molecule has 0 fully saturated rings. The lowest BCUT2D eigenvalue weighted by atomic mass is 10.2. The van der Waals surface area contributed by atoms with E-state index < -0.39 is 0 Å². The van der Waals surface area contributed by atoms with Crippen LogP contribution in [0.2, 0.25) is 5.02 Å². The Balaban J connectivity index is 2.82. The predicted molar refractivity (Wildman–Crippen MR) is 73.0 cm³/mol. The van der Waals surface area contributed by atoms with Gasteiger partial charge in [-0.15, -0.1) is 6.58 Å². The monoisotopic (exact) mass is 266 g/mol. The molecule has 5 heteroatoms. The Hall–Kier alpha value is -1.26. The first kappa shape index (κ1) is 12.2. The molecule has 2 rings (SSSR count). The maximum atomic E-state index is 12.2. The summed E-state index contributed by atoms with van der Waals surface area (Å²) in [5.41, 5.74) is 0.572. The van der Waals surface area contributed by atoms with Crippen LogP contribution in [0.1, 0.15) is 0 Å². The van der Waals surface area contributed by atoms with Crippen LogP contribution >= 0.6 is 23.4 Å². The van der Waals surface area contributed by atoms with Crippen LogP contribution in [-0.2, 0) is 6.54 Å². The van der Waals surface area contributed by atoms with E-state index in [1.165, 1.54) is 11.8 Å². The van der Waals surface area contributed by atoms with Crippen molar-refractivity contribution in [2.24, 2.45) is 0 Å². The first-order chi connectivity index (χ1) is 8.17. The van der Waals surface area contributed by atoms with Gasteiger partial charge in [0.05, 0.1) is 10.9 Å².